The van der Waals surface area contributed by atoms with Gasteiger partial charge < -0.3 is 23.4 Å². The minimum atomic E-state index is -2.29. The van der Waals surface area contributed by atoms with Crippen LogP contribution in [-0.4, -0.2) is 50.9 Å². The van der Waals surface area contributed by atoms with Crippen molar-refractivity contribution in [3.63, 3.8) is 0 Å². The molecule has 0 radical (unpaired) electrons. The number of benzene rings is 3. The molecule has 1 aliphatic heterocycles. The minimum absolute atomic E-state index is 0.0690. The Kier molecular flexibility index (Phi) is 10.5. The summed E-state index contributed by atoms with van der Waals surface area (Å²) in [6.07, 6.45) is -1.12. The highest BCUT2D eigenvalue weighted by Gasteiger charge is 2.47. The van der Waals surface area contributed by atoms with Crippen molar-refractivity contribution in [2.24, 2.45) is 0 Å². The lowest BCUT2D eigenvalue weighted by Gasteiger charge is -2.39. The highest BCUT2D eigenvalue weighted by atomic mass is 127. The van der Waals surface area contributed by atoms with Gasteiger partial charge in [-0.05, 0) is 81.7 Å². The number of ether oxygens (including phenoxy) is 4. The molecule has 0 amide bonds. The number of aromatic amines is 1. The molecule has 47 heavy (non-hydrogen) atoms. The number of halogens is 1. The second-order valence-corrected chi connectivity index (χ2v) is 19.1. The van der Waals surface area contributed by atoms with Gasteiger partial charge in [-0.15, -0.1) is 0 Å². The molecule has 5 rings (SSSR count). The fraction of sp³-hybridized carbons (Fsp3) is 0.389. The van der Waals surface area contributed by atoms with E-state index in [0.29, 0.717) is 10.1 Å². The molecule has 1 aliphatic rings. The Hall–Kier alpha value is -3.23. The fourth-order valence-electron chi connectivity index (χ4n) is 5.72. The van der Waals surface area contributed by atoms with E-state index in [1.54, 1.807) is 14.2 Å². The summed E-state index contributed by atoms with van der Waals surface area (Å²) >= 11 is 2.01. The highest BCUT2D eigenvalue weighted by molar-refractivity contribution is 14.1. The van der Waals surface area contributed by atoms with Gasteiger partial charge in [0.05, 0.1) is 36.7 Å². The molecule has 0 bridgehead atoms. The predicted octanol–water partition coefficient (Wildman–Crippen LogP) is 6.85. The summed E-state index contributed by atoms with van der Waals surface area (Å²) in [4.78, 5) is 27.7. The SMILES string of the molecule is COc1ccc(C(OC[C@H]2C[C@@H](O[Si](C)(C)C(C)(C)C)[C@H](n3c(I)cc(=O)[nH]c3=O)O2)(c2ccccc2)c2ccc(OC)cc2)cc1. The fourth-order valence-corrected chi connectivity index (χ4v) is 7.82. The Labute approximate surface area is 290 Å². The van der Waals surface area contributed by atoms with E-state index < -0.39 is 43.6 Å². The Bertz CT molecular complexity index is 1720. The molecule has 11 heteroatoms. The van der Waals surface area contributed by atoms with Crippen LogP contribution < -0.4 is 20.7 Å². The molecule has 1 saturated heterocycles. The van der Waals surface area contributed by atoms with Crippen LogP contribution in [-0.2, 0) is 19.5 Å². The zero-order valence-corrected chi connectivity index (χ0v) is 31.1. The van der Waals surface area contributed by atoms with Crippen LogP contribution in [0.25, 0.3) is 0 Å². The zero-order valence-electron chi connectivity index (χ0n) is 27.9. The average Bonchev–Trinajstić information content (AvgIpc) is 3.42. The van der Waals surface area contributed by atoms with Crippen molar-refractivity contribution in [1.29, 1.82) is 0 Å². The minimum Gasteiger partial charge on any atom is -0.497 e. The molecule has 1 N–H and O–H groups in total. The van der Waals surface area contributed by atoms with Crippen molar-refractivity contribution in [2.75, 3.05) is 20.8 Å². The molecular formula is C36H43IN2O7Si. The first kappa shape index (κ1) is 35.1. The van der Waals surface area contributed by atoms with Gasteiger partial charge in [-0.3, -0.25) is 14.3 Å². The Morgan fingerprint density at radius 3 is 1.89 bits per heavy atom. The number of hydrogen-bond donors (Lipinski definition) is 1. The van der Waals surface area contributed by atoms with Crippen LogP contribution in [0, 0.1) is 3.70 Å². The normalized spacial score (nSPS) is 18.7. The topological polar surface area (TPSA) is 101 Å². The molecular weight excluding hydrogens is 727 g/mol. The van der Waals surface area contributed by atoms with Crippen molar-refractivity contribution >= 4 is 30.9 Å². The number of H-pyrrole nitrogens is 1. The van der Waals surface area contributed by atoms with E-state index in [1.165, 1.54) is 10.6 Å². The summed E-state index contributed by atoms with van der Waals surface area (Å²) in [7, 11) is 0.997. The number of methoxy groups -OCH3 is 2. The van der Waals surface area contributed by atoms with Crippen molar-refractivity contribution in [3.8, 4) is 11.5 Å². The van der Waals surface area contributed by atoms with Crippen LogP contribution in [0.3, 0.4) is 0 Å². The van der Waals surface area contributed by atoms with E-state index in [4.69, 9.17) is 23.4 Å². The summed E-state index contributed by atoms with van der Waals surface area (Å²) in [5.74, 6) is 1.47. The van der Waals surface area contributed by atoms with Crippen LogP contribution >= 0.6 is 22.6 Å². The van der Waals surface area contributed by atoms with Gasteiger partial charge in [0.25, 0.3) is 5.56 Å². The Balaban J connectivity index is 1.57. The van der Waals surface area contributed by atoms with Gasteiger partial charge in [-0.25, -0.2) is 4.79 Å². The second-order valence-electron chi connectivity index (χ2n) is 13.2. The molecule has 2 heterocycles. The molecule has 9 nitrogen and oxygen atoms in total. The third-order valence-electron chi connectivity index (χ3n) is 9.24. The van der Waals surface area contributed by atoms with Gasteiger partial charge >= 0.3 is 5.69 Å². The lowest BCUT2D eigenvalue weighted by Crippen LogP contribution is -2.46. The largest absolute Gasteiger partial charge is 0.497 e. The van der Waals surface area contributed by atoms with Crippen molar-refractivity contribution in [1.82, 2.24) is 9.55 Å². The van der Waals surface area contributed by atoms with Crippen molar-refractivity contribution in [2.45, 2.75) is 69.4 Å². The van der Waals surface area contributed by atoms with E-state index >= 15 is 0 Å². The lowest BCUT2D eigenvalue weighted by molar-refractivity contribution is -0.0872. The molecule has 0 aliphatic carbocycles. The van der Waals surface area contributed by atoms with Gasteiger partial charge in [0.1, 0.15) is 17.1 Å². The van der Waals surface area contributed by atoms with E-state index in [-0.39, 0.29) is 11.6 Å². The number of nitrogens with one attached hydrogen (secondary N) is 1. The van der Waals surface area contributed by atoms with Crippen LogP contribution in [0.1, 0.15) is 50.1 Å². The average molecular weight is 771 g/mol. The summed E-state index contributed by atoms with van der Waals surface area (Å²) in [5, 5.41) is -0.0690. The maximum absolute atomic E-state index is 13.2. The zero-order chi connectivity index (χ0) is 34.0. The van der Waals surface area contributed by atoms with E-state index in [2.05, 4.69) is 51.0 Å². The first-order valence-electron chi connectivity index (χ1n) is 15.6. The summed E-state index contributed by atoms with van der Waals surface area (Å²) in [5.41, 5.74) is 0.731. The van der Waals surface area contributed by atoms with E-state index in [9.17, 15) is 9.59 Å². The van der Waals surface area contributed by atoms with Gasteiger partial charge in [0.15, 0.2) is 14.5 Å². The van der Waals surface area contributed by atoms with Crippen LogP contribution in [0.15, 0.2) is 94.5 Å². The van der Waals surface area contributed by atoms with Crippen LogP contribution in [0.4, 0.5) is 0 Å². The number of nitrogens with zero attached hydrogens (tertiary/aromatic N) is 1. The molecule has 3 atom stereocenters. The monoisotopic (exact) mass is 770 g/mol. The first-order valence-corrected chi connectivity index (χ1v) is 19.6. The maximum atomic E-state index is 13.2. The molecule has 1 fully saturated rings. The third-order valence-corrected chi connectivity index (χ3v) is 14.6. The Morgan fingerprint density at radius 2 is 1.40 bits per heavy atom. The van der Waals surface area contributed by atoms with Crippen LogP contribution in [0.5, 0.6) is 11.5 Å². The number of hydrogen-bond acceptors (Lipinski definition) is 7. The smallest absolute Gasteiger partial charge is 0.331 e. The van der Waals surface area contributed by atoms with Gasteiger partial charge in [0, 0.05) is 12.5 Å². The summed E-state index contributed by atoms with van der Waals surface area (Å²) < 4.78 is 33.6. The molecule has 0 spiro atoms. The van der Waals surface area contributed by atoms with Crippen molar-refractivity contribution in [3.05, 3.63) is 126 Å². The van der Waals surface area contributed by atoms with E-state index in [0.717, 1.165) is 28.2 Å². The predicted molar refractivity (Wildman–Crippen MR) is 193 cm³/mol. The lowest BCUT2D eigenvalue weighted by atomic mass is 9.80. The number of aromatic nitrogens is 2. The molecule has 0 unspecified atom stereocenters. The molecule has 250 valence electrons. The number of rotatable bonds is 11. The highest BCUT2D eigenvalue weighted by Crippen LogP contribution is 2.45. The quantitative estimate of drug-likeness (QED) is 0.0772. The van der Waals surface area contributed by atoms with Gasteiger partial charge in [-0.1, -0.05) is 75.4 Å². The Morgan fingerprint density at radius 1 is 0.872 bits per heavy atom. The van der Waals surface area contributed by atoms with Crippen molar-refractivity contribution < 1.29 is 23.4 Å². The second kappa shape index (κ2) is 14.1. The van der Waals surface area contributed by atoms with Crippen LogP contribution in [0.2, 0.25) is 18.1 Å². The van der Waals surface area contributed by atoms with E-state index in [1.807, 2.05) is 89.3 Å². The van der Waals surface area contributed by atoms with Gasteiger partial charge in [0.2, 0.25) is 0 Å². The molecule has 1 aromatic heterocycles. The third kappa shape index (κ3) is 7.29. The summed E-state index contributed by atoms with van der Waals surface area (Å²) in [6.45, 7) is 11.1. The summed E-state index contributed by atoms with van der Waals surface area (Å²) in [6, 6.07) is 27.2. The molecule has 4 aromatic rings. The molecule has 0 saturated carbocycles. The standard InChI is InChI=1S/C36H43IN2O7Si/c1-35(2,3)47(6,7)46-30-21-29(45-33(30)39-31(37)22-32(40)38-34(39)41)23-44-36(24-11-9-8-10-12-24,25-13-17-27(42-4)18-14-25)26-15-19-28(43-5)20-16-26/h8-20,22,29-30,33H,21,23H2,1-7H3,(H,38,40,41)/t29-,30-,33-/m1/s1. The van der Waals surface area contributed by atoms with Gasteiger partial charge in [-0.2, -0.15) is 0 Å². The molecule has 3 aromatic carbocycles. The maximum Gasteiger partial charge on any atom is 0.331 e. The first-order chi connectivity index (χ1) is 22.3.